The third kappa shape index (κ3) is 4.57. The fourth-order valence-corrected chi connectivity index (χ4v) is 3.65. The average molecular weight is 459 g/mol. The van der Waals surface area contributed by atoms with Gasteiger partial charge in [-0.3, -0.25) is 4.79 Å². The molecule has 1 aliphatic heterocycles. The summed E-state index contributed by atoms with van der Waals surface area (Å²) in [6.07, 6.45) is 1.92. The molecule has 0 radical (unpaired) electrons. The fourth-order valence-electron chi connectivity index (χ4n) is 3.27. The summed E-state index contributed by atoms with van der Waals surface area (Å²) in [6, 6.07) is 11.8. The molecule has 0 spiro atoms. The summed E-state index contributed by atoms with van der Waals surface area (Å²) < 4.78 is 26.6. The quantitative estimate of drug-likeness (QED) is 0.611. The van der Waals surface area contributed by atoms with Crippen molar-refractivity contribution in [1.29, 1.82) is 0 Å². The van der Waals surface area contributed by atoms with Crippen LogP contribution in [0.5, 0.6) is 0 Å². The second-order valence-electron chi connectivity index (χ2n) is 7.06. The van der Waals surface area contributed by atoms with Crippen molar-refractivity contribution >= 4 is 38.5 Å². The summed E-state index contributed by atoms with van der Waals surface area (Å²) in [6.45, 7) is 2.98. The maximum atomic E-state index is 14.2. The lowest BCUT2D eigenvalue weighted by molar-refractivity contribution is 0.0854. The number of carbonyl (C=O) groups is 1. The summed E-state index contributed by atoms with van der Waals surface area (Å²) in [5.74, 6) is -0.814. The molecule has 0 aliphatic carbocycles. The molecule has 29 heavy (non-hydrogen) atoms. The monoisotopic (exact) mass is 458 g/mol. The van der Waals surface area contributed by atoms with E-state index in [0.29, 0.717) is 18.7 Å². The highest BCUT2D eigenvalue weighted by atomic mass is 79.9. The molecule has 1 aromatic heterocycles. The Balaban J connectivity index is 1.79. The maximum absolute atomic E-state index is 14.2. The normalized spacial score (nSPS) is 17.1. The minimum Gasteiger partial charge on any atom is -0.438 e. The van der Waals surface area contributed by atoms with Gasteiger partial charge < -0.3 is 14.5 Å². The zero-order valence-corrected chi connectivity index (χ0v) is 17.5. The largest absolute Gasteiger partial charge is 0.438 e. The van der Waals surface area contributed by atoms with Gasteiger partial charge in [-0.1, -0.05) is 22.0 Å². The van der Waals surface area contributed by atoms with Crippen molar-refractivity contribution < 1.29 is 18.3 Å². The maximum Gasteiger partial charge on any atom is 0.256 e. The Hall–Kier alpha value is -2.51. The minimum absolute atomic E-state index is 0.0140. The van der Waals surface area contributed by atoms with Gasteiger partial charge in [-0.25, -0.2) is 9.38 Å². The molecule has 7 heteroatoms. The zero-order chi connectivity index (χ0) is 20.4. The molecule has 1 saturated heterocycles. The van der Waals surface area contributed by atoms with Crippen LogP contribution in [0.3, 0.4) is 0 Å². The smallest absolute Gasteiger partial charge is 0.256 e. The topological polar surface area (TPSA) is 63.8 Å². The van der Waals surface area contributed by atoms with Gasteiger partial charge in [-0.15, -0.1) is 0 Å². The van der Waals surface area contributed by atoms with Crippen LogP contribution in [0.2, 0.25) is 0 Å². The van der Waals surface area contributed by atoms with E-state index in [4.69, 9.17) is 9.15 Å². The second kappa shape index (κ2) is 8.47. The number of benzene rings is 2. The van der Waals surface area contributed by atoms with Crippen LogP contribution in [-0.4, -0.2) is 25.2 Å². The van der Waals surface area contributed by atoms with Crippen LogP contribution >= 0.6 is 15.9 Å². The van der Waals surface area contributed by atoms with Crippen molar-refractivity contribution in [2.45, 2.75) is 25.9 Å². The van der Waals surface area contributed by atoms with E-state index in [1.807, 2.05) is 19.1 Å². The van der Waals surface area contributed by atoms with Crippen LogP contribution < -0.4 is 10.9 Å². The van der Waals surface area contributed by atoms with Gasteiger partial charge in [0, 0.05) is 23.0 Å². The Morgan fingerprint density at radius 3 is 2.93 bits per heavy atom. The summed E-state index contributed by atoms with van der Waals surface area (Å²) in [4.78, 5) is 17.2. The molecule has 2 heterocycles. The fraction of sp³-hybridized carbons (Fsp3) is 0.273. The average Bonchev–Trinajstić information content (AvgIpc) is 3.22. The standard InChI is InChI=1S/C22H20BrFN2O3/c1-13-4-6-18(24)19(9-13)26-22-17(21(27)25-12-16-3-2-8-28-16)11-14-10-15(23)5-7-20(14)29-22/h4-7,9-11,16H,2-3,8,12H2,1H3,(H,25,27). The predicted octanol–water partition coefficient (Wildman–Crippen LogP) is 4.78. The summed E-state index contributed by atoms with van der Waals surface area (Å²) in [5.41, 5.74) is 1.84. The summed E-state index contributed by atoms with van der Waals surface area (Å²) in [7, 11) is 0. The number of rotatable bonds is 4. The number of aryl methyl sites for hydroxylation is 1. The number of nitrogens with one attached hydrogen (secondary N) is 1. The first kappa shape index (κ1) is 19.8. The number of hydrogen-bond donors (Lipinski definition) is 1. The third-order valence-electron chi connectivity index (χ3n) is 4.79. The van der Waals surface area contributed by atoms with E-state index in [1.165, 1.54) is 6.07 Å². The Labute approximate surface area is 175 Å². The van der Waals surface area contributed by atoms with Crippen molar-refractivity contribution in [3.05, 3.63) is 69.4 Å². The number of halogens is 2. The van der Waals surface area contributed by atoms with Gasteiger partial charge in [-0.05, 0) is 61.7 Å². The first-order chi connectivity index (χ1) is 14.0. The van der Waals surface area contributed by atoms with Gasteiger partial charge in [0.1, 0.15) is 22.7 Å². The molecule has 1 aliphatic rings. The second-order valence-corrected chi connectivity index (χ2v) is 7.97. The van der Waals surface area contributed by atoms with Crippen LogP contribution in [0.25, 0.3) is 11.0 Å². The van der Waals surface area contributed by atoms with E-state index >= 15 is 0 Å². The van der Waals surface area contributed by atoms with Crippen LogP contribution in [0.1, 0.15) is 28.8 Å². The Morgan fingerprint density at radius 1 is 1.28 bits per heavy atom. The highest BCUT2D eigenvalue weighted by molar-refractivity contribution is 9.10. The Morgan fingerprint density at radius 2 is 2.14 bits per heavy atom. The predicted molar refractivity (Wildman–Crippen MR) is 112 cm³/mol. The van der Waals surface area contributed by atoms with Crippen LogP contribution in [0, 0.1) is 12.7 Å². The van der Waals surface area contributed by atoms with E-state index in [0.717, 1.165) is 28.3 Å². The van der Waals surface area contributed by atoms with Crippen LogP contribution in [-0.2, 0) is 4.74 Å². The lowest BCUT2D eigenvalue weighted by atomic mass is 10.1. The van der Waals surface area contributed by atoms with E-state index in [-0.39, 0.29) is 28.8 Å². The van der Waals surface area contributed by atoms with Gasteiger partial charge in [0.2, 0.25) is 5.55 Å². The van der Waals surface area contributed by atoms with Crippen molar-refractivity contribution in [2.24, 2.45) is 4.99 Å². The number of fused-ring (bicyclic) bond motifs is 1. The molecule has 3 aromatic rings. The highest BCUT2D eigenvalue weighted by Crippen LogP contribution is 2.22. The first-order valence-corrected chi connectivity index (χ1v) is 10.2. The molecule has 1 N–H and O–H groups in total. The van der Waals surface area contributed by atoms with E-state index in [2.05, 4.69) is 26.2 Å². The van der Waals surface area contributed by atoms with Gasteiger partial charge in [0.25, 0.3) is 5.91 Å². The summed E-state index contributed by atoms with van der Waals surface area (Å²) >= 11 is 3.43. The molecule has 1 fully saturated rings. The molecular formula is C22H20BrFN2O3. The lowest BCUT2D eigenvalue weighted by Crippen LogP contribution is -2.34. The molecule has 1 amide bonds. The number of carbonyl (C=O) groups excluding carboxylic acids is 1. The molecule has 1 unspecified atom stereocenters. The van der Waals surface area contributed by atoms with E-state index in [9.17, 15) is 9.18 Å². The molecule has 4 rings (SSSR count). The van der Waals surface area contributed by atoms with Crippen molar-refractivity contribution in [2.75, 3.05) is 13.2 Å². The molecule has 0 saturated carbocycles. The first-order valence-electron chi connectivity index (χ1n) is 9.44. The van der Waals surface area contributed by atoms with E-state index < -0.39 is 5.82 Å². The van der Waals surface area contributed by atoms with E-state index in [1.54, 1.807) is 24.3 Å². The molecule has 150 valence electrons. The number of ether oxygens (including phenoxy) is 1. The number of amides is 1. The Kier molecular flexibility index (Phi) is 5.78. The minimum atomic E-state index is -0.479. The zero-order valence-electron chi connectivity index (χ0n) is 15.9. The van der Waals surface area contributed by atoms with Gasteiger partial charge in [0.15, 0.2) is 0 Å². The SMILES string of the molecule is Cc1ccc(F)c(N=c2oc3ccc(Br)cc3cc2C(=O)NCC2CCCO2)c1. The van der Waals surface area contributed by atoms with Crippen molar-refractivity contribution in [1.82, 2.24) is 5.32 Å². The molecule has 1 atom stereocenters. The molecular weight excluding hydrogens is 439 g/mol. The van der Waals surface area contributed by atoms with Gasteiger partial charge >= 0.3 is 0 Å². The van der Waals surface area contributed by atoms with Gasteiger partial charge in [0.05, 0.1) is 6.10 Å². The lowest BCUT2D eigenvalue weighted by Gasteiger charge is -2.11. The molecule has 2 aromatic carbocycles. The molecule has 0 bridgehead atoms. The van der Waals surface area contributed by atoms with Gasteiger partial charge in [-0.2, -0.15) is 0 Å². The number of nitrogens with zero attached hydrogens (tertiary/aromatic N) is 1. The highest BCUT2D eigenvalue weighted by Gasteiger charge is 2.19. The van der Waals surface area contributed by atoms with Crippen molar-refractivity contribution in [3.8, 4) is 0 Å². The van der Waals surface area contributed by atoms with Crippen LogP contribution in [0.15, 0.2) is 56.3 Å². The molecule has 5 nitrogen and oxygen atoms in total. The summed E-state index contributed by atoms with van der Waals surface area (Å²) in [5, 5.41) is 3.62. The van der Waals surface area contributed by atoms with Crippen LogP contribution in [0.4, 0.5) is 10.1 Å². The Bertz CT molecular complexity index is 1140. The number of hydrogen-bond acceptors (Lipinski definition) is 4. The van der Waals surface area contributed by atoms with Crippen molar-refractivity contribution in [3.63, 3.8) is 0 Å². The third-order valence-corrected chi connectivity index (χ3v) is 5.28.